The number of hydrogen-bond donors (Lipinski definition) is 0. The van der Waals surface area contributed by atoms with Gasteiger partial charge < -0.3 is 4.90 Å². The predicted molar refractivity (Wildman–Crippen MR) is 101 cm³/mol. The van der Waals surface area contributed by atoms with Crippen LogP contribution in [0.25, 0.3) is 0 Å². The minimum Gasteiger partial charge on any atom is -0.357 e. The van der Waals surface area contributed by atoms with Gasteiger partial charge in [-0.2, -0.15) is 0 Å². The summed E-state index contributed by atoms with van der Waals surface area (Å²) in [4.78, 5) is 13.3. The first-order valence-corrected chi connectivity index (χ1v) is 8.21. The van der Waals surface area contributed by atoms with Gasteiger partial charge in [-0.05, 0) is 29.7 Å². The summed E-state index contributed by atoms with van der Waals surface area (Å²) in [6, 6.07) is 25.5. The molecule has 3 aromatic rings. The van der Waals surface area contributed by atoms with E-state index in [1.807, 2.05) is 79.7 Å². The van der Waals surface area contributed by atoms with Gasteiger partial charge in [0.1, 0.15) is 5.69 Å². The van der Waals surface area contributed by atoms with E-state index in [4.69, 9.17) is 0 Å². The van der Waals surface area contributed by atoms with Crippen LogP contribution < -0.4 is 4.90 Å². The van der Waals surface area contributed by atoms with Crippen molar-refractivity contribution in [3.8, 4) is 0 Å². The maximum Gasteiger partial charge on any atom is 0.292 e. The smallest absolute Gasteiger partial charge is 0.292 e. The second-order valence-corrected chi connectivity index (χ2v) is 6.08. The van der Waals surface area contributed by atoms with Gasteiger partial charge in [-0.15, -0.1) is 0 Å². The van der Waals surface area contributed by atoms with E-state index in [1.165, 1.54) is 0 Å². The Morgan fingerprint density at radius 1 is 0.840 bits per heavy atom. The van der Waals surface area contributed by atoms with Crippen LogP contribution in [0.4, 0.5) is 11.4 Å². The molecule has 0 N–H and O–H groups in total. The van der Waals surface area contributed by atoms with Gasteiger partial charge in [0.05, 0.1) is 4.92 Å². The maximum atomic E-state index is 11.6. The Bertz CT molecular complexity index is 807. The van der Waals surface area contributed by atoms with Gasteiger partial charge >= 0.3 is 0 Å². The topological polar surface area (TPSA) is 46.4 Å². The molecule has 3 rings (SSSR count). The summed E-state index contributed by atoms with van der Waals surface area (Å²) in [5.41, 5.74) is 3.91. The van der Waals surface area contributed by atoms with Crippen molar-refractivity contribution in [3.63, 3.8) is 0 Å². The summed E-state index contributed by atoms with van der Waals surface area (Å²) in [5, 5.41) is 11.6. The van der Waals surface area contributed by atoms with Crippen molar-refractivity contribution in [3.05, 3.63) is 106 Å². The van der Waals surface area contributed by atoms with Gasteiger partial charge in [0, 0.05) is 19.2 Å². The molecule has 3 aromatic carbocycles. The first-order valence-electron chi connectivity index (χ1n) is 8.21. The molecular weight excluding hydrogens is 312 g/mol. The van der Waals surface area contributed by atoms with Crippen LogP contribution in [-0.2, 0) is 13.1 Å². The Kier molecular flexibility index (Phi) is 5.09. The SMILES string of the molecule is Cc1ccc(N(Cc2ccccc2)Cc2ccccc2)c([N+](=O)[O-])c1. The zero-order valence-corrected chi connectivity index (χ0v) is 14.1. The highest BCUT2D eigenvalue weighted by atomic mass is 16.6. The second-order valence-electron chi connectivity index (χ2n) is 6.08. The van der Waals surface area contributed by atoms with Gasteiger partial charge in [0.15, 0.2) is 0 Å². The average molecular weight is 332 g/mol. The molecule has 4 nitrogen and oxygen atoms in total. The molecule has 0 radical (unpaired) electrons. The molecule has 0 saturated carbocycles. The van der Waals surface area contributed by atoms with Crippen molar-refractivity contribution in [1.82, 2.24) is 0 Å². The first kappa shape index (κ1) is 16.7. The lowest BCUT2D eigenvalue weighted by atomic mass is 10.1. The Morgan fingerprint density at radius 3 is 1.84 bits per heavy atom. The van der Waals surface area contributed by atoms with Gasteiger partial charge in [-0.1, -0.05) is 66.7 Å². The van der Waals surface area contributed by atoms with Crippen LogP contribution in [0.15, 0.2) is 78.9 Å². The minimum atomic E-state index is -0.300. The number of rotatable bonds is 6. The van der Waals surface area contributed by atoms with E-state index >= 15 is 0 Å². The number of nitrogens with zero attached hydrogens (tertiary/aromatic N) is 2. The third-order valence-electron chi connectivity index (χ3n) is 4.10. The van der Waals surface area contributed by atoms with Crippen molar-refractivity contribution in [1.29, 1.82) is 0 Å². The number of anilines is 1. The molecule has 0 fully saturated rings. The molecule has 0 heterocycles. The van der Waals surface area contributed by atoms with Crippen LogP contribution >= 0.6 is 0 Å². The summed E-state index contributed by atoms with van der Waals surface area (Å²) in [6.07, 6.45) is 0. The third kappa shape index (κ3) is 4.23. The Labute approximate surface area is 147 Å². The van der Waals surface area contributed by atoms with Crippen LogP contribution in [0.2, 0.25) is 0 Å². The fourth-order valence-electron chi connectivity index (χ4n) is 2.88. The molecule has 0 aliphatic heterocycles. The van der Waals surface area contributed by atoms with Crippen molar-refractivity contribution < 1.29 is 4.92 Å². The van der Waals surface area contributed by atoms with Gasteiger partial charge in [-0.25, -0.2) is 0 Å². The lowest BCUT2D eigenvalue weighted by molar-refractivity contribution is -0.384. The molecule has 0 spiro atoms. The van der Waals surface area contributed by atoms with Crippen LogP contribution in [0.5, 0.6) is 0 Å². The lowest BCUT2D eigenvalue weighted by Gasteiger charge is -2.25. The third-order valence-corrected chi connectivity index (χ3v) is 4.10. The van der Waals surface area contributed by atoms with Crippen LogP contribution in [0.1, 0.15) is 16.7 Å². The van der Waals surface area contributed by atoms with Crippen molar-refractivity contribution in [2.45, 2.75) is 20.0 Å². The maximum absolute atomic E-state index is 11.6. The van der Waals surface area contributed by atoms with E-state index in [9.17, 15) is 10.1 Å². The van der Waals surface area contributed by atoms with Gasteiger partial charge in [0.25, 0.3) is 5.69 Å². The number of hydrogen-bond acceptors (Lipinski definition) is 3. The minimum absolute atomic E-state index is 0.145. The normalized spacial score (nSPS) is 10.4. The van der Waals surface area contributed by atoms with Crippen LogP contribution in [0, 0.1) is 17.0 Å². The molecule has 25 heavy (non-hydrogen) atoms. The monoisotopic (exact) mass is 332 g/mol. The van der Waals surface area contributed by atoms with Gasteiger partial charge in [0.2, 0.25) is 0 Å². The van der Waals surface area contributed by atoms with Crippen molar-refractivity contribution >= 4 is 11.4 Å². The molecule has 0 unspecified atom stereocenters. The predicted octanol–water partition coefficient (Wildman–Crippen LogP) is 5.11. The molecule has 0 aromatic heterocycles. The second kappa shape index (κ2) is 7.62. The zero-order chi connectivity index (χ0) is 17.6. The van der Waals surface area contributed by atoms with E-state index in [1.54, 1.807) is 6.07 Å². The molecule has 0 atom stereocenters. The van der Waals surface area contributed by atoms with E-state index in [-0.39, 0.29) is 10.6 Å². The molecule has 0 saturated heterocycles. The number of aryl methyl sites for hydroxylation is 1. The molecule has 0 aliphatic rings. The standard InChI is InChI=1S/C21H20N2O2/c1-17-12-13-20(21(14-17)23(24)25)22(15-18-8-4-2-5-9-18)16-19-10-6-3-7-11-19/h2-14H,15-16H2,1H3. The van der Waals surface area contributed by atoms with Gasteiger partial charge in [-0.3, -0.25) is 10.1 Å². The van der Waals surface area contributed by atoms with Crippen LogP contribution in [-0.4, -0.2) is 4.92 Å². The van der Waals surface area contributed by atoms with Crippen molar-refractivity contribution in [2.75, 3.05) is 4.90 Å². The summed E-state index contributed by atoms with van der Waals surface area (Å²) >= 11 is 0. The molecule has 0 aliphatic carbocycles. The fraction of sp³-hybridized carbons (Fsp3) is 0.143. The zero-order valence-electron chi connectivity index (χ0n) is 14.1. The first-order chi connectivity index (χ1) is 12.1. The van der Waals surface area contributed by atoms with Crippen LogP contribution in [0.3, 0.4) is 0 Å². The molecular formula is C21H20N2O2. The molecule has 126 valence electrons. The molecule has 4 heteroatoms. The highest BCUT2D eigenvalue weighted by molar-refractivity contribution is 5.64. The Balaban J connectivity index is 2.00. The van der Waals surface area contributed by atoms with E-state index in [2.05, 4.69) is 4.90 Å². The summed E-state index contributed by atoms with van der Waals surface area (Å²) in [7, 11) is 0. The summed E-state index contributed by atoms with van der Waals surface area (Å²) < 4.78 is 0. The quantitative estimate of drug-likeness (QED) is 0.465. The Hall–Kier alpha value is -3.14. The van der Waals surface area contributed by atoms with Crippen molar-refractivity contribution in [2.24, 2.45) is 0 Å². The number of nitro groups is 1. The average Bonchev–Trinajstić information content (AvgIpc) is 2.63. The van der Waals surface area contributed by atoms with E-state index in [0.29, 0.717) is 18.8 Å². The molecule has 0 bridgehead atoms. The fourth-order valence-corrected chi connectivity index (χ4v) is 2.88. The lowest BCUT2D eigenvalue weighted by Crippen LogP contribution is -2.23. The van der Waals surface area contributed by atoms with E-state index < -0.39 is 0 Å². The number of benzene rings is 3. The van der Waals surface area contributed by atoms with E-state index in [0.717, 1.165) is 16.7 Å². The highest BCUT2D eigenvalue weighted by Crippen LogP contribution is 2.31. The Morgan fingerprint density at radius 2 is 1.36 bits per heavy atom. The summed E-state index contributed by atoms with van der Waals surface area (Å²) in [5.74, 6) is 0. The summed E-state index contributed by atoms with van der Waals surface area (Å²) in [6.45, 7) is 3.09. The highest BCUT2D eigenvalue weighted by Gasteiger charge is 2.20. The number of nitro benzene ring substituents is 1. The molecule has 0 amide bonds. The largest absolute Gasteiger partial charge is 0.357 e.